The molecule has 5 rings (SSSR count). The normalized spacial score (nSPS) is 12.6. The van der Waals surface area contributed by atoms with Crippen LogP contribution in [-0.2, 0) is 9.53 Å². The number of esters is 1. The number of ether oxygens (including phenoxy) is 1. The molecule has 9 heteroatoms. The van der Waals surface area contributed by atoms with E-state index in [1.54, 1.807) is 23.9 Å². The van der Waals surface area contributed by atoms with E-state index >= 15 is 0 Å². The first-order chi connectivity index (χ1) is 17.3. The predicted octanol–water partition coefficient (Wildman–Crippen LogP) is 4.75. The molecule has 4 heterocycles. The zero-order valence-corrected chi connectivity index (χ0v) is 21.1. The number of aryl methyl sites for hydroxylation is 2. The lowest BCUT2D eigenvalue weighted by Gasteiger charge is -2.19. The lowest BCUT2D eigenvalue weighted by atomic mass is 10.1. The Bertz CT molecular complexity index is 1560. The Morgan fingerprint density at radius 2 is 1.69 bits per heavy atom. The molecule has 1 aliphatic heterocycles. The highest BCUT2D eigenvalue weighted by molar-refractivity contribution is 7.21. The monoisotopic (exact) mass is 497 g/mol. The number of para-hydroxylation sites is 2. The molecule has 0 aliphatic carbocycles. The molecule has 0 saturated carbocycles. The number of hydrogen-bond donors (Lipinski definition) is 0. The summed E-state index contributed by atoms with van der Waals surface area (Å²) < 4.78 is 7.33. The van der Waals surface area contributed by atoms with E-state index in [1.165, 1.54) is 11.3 Å². The highest BCUT2D eigenvalue weighted by Crippen LogP contribution is 2.40. The molecule has 0 atom stereocenters. The molecule has 0 fully saturated rings. The van der Waals surface area contributed by atoms with Crippen molar-refractivity contribution in [3.05, 3.63) is 82.4 Å². The number of hydrogen-bond acceptors (Lipinski definition) is 8. The van der Waals surface area contributed by atoms with Crippen molar-refractivity contribution in [2.45, 2.75) is 13.8 Å². The minimum Gasteiger partial charge on any atom is -0.453 e. The van der Waals surface area contributed by atoms with E-state index in [2.05, 4.69) is 4.98 Å². The average Bonchev–Trinajstić information content (AvgIpc) is 3.57. The van der Waals surface area contributed by atoms with Crippen LogP contribution in [-0.4, -0.2) is 42.0 Å². The number of Topliss-reactive ketones (excluding diaryl/α,β-unsaturated/α-hetero) is 1. The smallest absolute Gasteiger partial charge is 0.351 e. The van der Waals surface area contributed by atoms with E-state index in [1.807, 2.05) is 79.3 Å². The van der Waals surface area contributed by atoms with Crippen molar-refractivity contribution in [2.24, 2.45) is 0 Å². The molecule has 36 heavy (non-hydrogen) atoms. The number of ketones is 1. The fourth-order valence-corrected chi connectivity index (χ4v) is 5.81. The van der Waals surface area contributed by atoms with Crippen molar-refractivity contribution in [3.63, 3.8) is 0 Å². The second-order valence-corrected chi connectivity index (χ2v) is 9.55. The van der Waals surface area contributed by atoms with Crippen molar-refractivity contribution in [2.75, 3.05) is 30.5 Å². The van der Waals surface area contributed by atoms with Gasteiger partial charge in [-0.05, 0) is 49.7 Å². The van der Waals surface area contributed by atoms with Crippen LogP contribution in [0.1, 0.15) is 20.9 Å². The number of nitrogens with zero attached hydrogens (tertiary/aromatic N) is 5. The molecule has 0 amide bonds. The number of benzene rings is 1. The Hall–Kier alpha value is -4.42. The number of carbonyl (C=O) groups excluding carboxylic acids is 2. The number of pyridine rings is 1. The summed E-state index contributed by atoms with van der Waals surface area (Å²) in [6, 6.07) is 15.4. The second-order valence-electron chi connectivity index (χ2n) is 8.55. The molecule has 0 N–H and O–H groups in total. The van der Waals surface area contributed by atoms with Gasteiger partial charge in [-0.15, -0.1) is 11.3 Å². The highest BCUT2D eigenvalue weighted by atomic mass is 32.1. The second kappa shape index (κ2) is 8.98. The molecule has 0 saturated heterocycles. The van der Waals surface area contributed by atoms with Gasteiger partial charge in [0.15, 0.2) is 6.61 Å². The Kier molecular flexibility index (Phi) is 5.82. The van der Waals surface area contributed by atoms with E-state index in [-0.39, 0.29) is 5.57 Å². The maximum absolute atomic E-state index is 13.2. The van der Waals surface area contributed by atoms with Gasteiger partial charge in [0.25, 0.3) is 0 Å². The van der Waals surface area contributed by atoms with Crippen LogP contribution in [0.5, 0.6) is 0 Å². The number of nitriles is 1. The van der Waals surface area contributed by atoms with Crippen molar-refractivity contribution >= 4 is 44.7 Å². The SMILES string of the molecule is Cc1cc(C)c2c(-n3cccc3)c(C(=O)OCC(=O)C(C#N)=C3N(C)c4ccccc4N3C)sc2n1. The van der Waals surface area contributed by atoms with E-state index in [9.17, 15) is 14.9 Å². The van der Waals surface area contributed by atoms with Crippen LogP contribution < -0.4 is 9.80 Å². The van der Waals surface area contributed by atoms with Crippen molar-refractivity contribution in [3.8, 4) is 11.8 Å². The summed E-state index contributed by atoms with van der Waals surface area (Å²) in [5.74, 6) is -0.753. The van der Waals surface area contributed by atoms with Gasteiger partial charge >= 0.3 is 5.97 Å². The van der Waals surface area contributed by atoms with Gasteiger partial charge in [0.2, 0.25) is 5.78 Å². The molecular formula is C27H23N5O3S. The van der Waals surface area contributed by atoms with Crippen LogP contribution in [0.2, 0.25) is 0 Å². The maximum atomic E-state index is 13.2. The fourth-order valence-electron chi connectivity index (χ4n) is 4.62. The number of aromatic nitrogens is 2. The van der Waals surface area contributed by atoms with E-state index in [0.29, 0.717) is 16.4 Å². The lowest BCUT2D eigenvalue weighted by Crippen LogP contribution is -2.27. The number of rotatable bonds is 5. The van der Waals surface area contributed by atoms with Crippen LogP contribution in [0.25, 0.3) is 15.9 Å². The number of thiophene rings is 1. The van der Waals surface area contributed by atoms with Crippen LogP contribution >= 0.6 is 11.3 Å². The topological polar surface area (TPSA) is 91.5 Å². The number of anilines is 2. The first kappa shape index (κ1) is 23.3. The Labute approximate surface area is 212 Å². The third kappa shape index (κ3) is 3.72. The Balaban J connectivity index is 1.46. The Morgan fingerprint density at radius 1 is 1.06 bits per heavy atom. The molecule has 0 bridgehead atoms. The molecule has 8 nitrogen and oxygen atoms in total. The highest BCUT2D eigenvalue weighted by Gasteiger charge is 2.32. The summed E-state index contributed by atoms with van der Waals surface area (Å²) in [5.41, 5.74) is 4.22. The van der Waals surface area contributed by atoms with E-state index in [0.717, 1.165) is 32.8 Å². The third-order valence-electron chi connectivity index (χ3n) is 6.20. The van der Waals surface area contributed by atoms with Gasteiger partial charge in [-0.3, -0.25) is 4.79 Å². The zero-order chi connectivity index (χ0) is 25.6. The summed E-state index contributed by atoms with van der Waals surface area (Å²) in [5, 5.41) is 10.7. The van der Waals surface area contributed by atoms with Gasteiger partial charge in [0, 0.05) is 37.6 Å². The van der Waals surface area contributed by atoms with Gasteiger partial charge in [0.1, 0.15) is 27.2 Å². The minimum atomic E-state index is -0.634. The van der Waals surface area contributed by atoms with Gasteiger partial charge in [0.05, 0.1) is 17.1 Å². The standard InChI is InChI=1S/C27H23N5O3S/c1-16-13-17(2)29-25-22(16)23(32-11-7-8-12-32)24(36-25)27(34)35-15-21(33)18(14-28)26-30(3)19-9-5-6-10-20(19)31(26)4/h5-13H,15H2,1-4H3. The summed E-state index contributed by atoms with van der Waals surface area (Å²) in [6.07, 6.45) is 3.70. The summed E-state index contributed by atoms with van der Waals surface area (Å²) in [4.78, 5) is 35.6. The zero-order valence-electron chi connectivity index (χ0n) is 20.3. The summed E-state index contributed by atoms with van der Waals surface area (Å²) in [6.45, 7) is 3.34. The van der Waals surface area contributed by atoms with Crippen LogP contribution in [0.4, 0.5) is 11.4 Å². The number of carbonyl (C=O) groups is 2. The predicted molar refractivity (Wildman–Crippen MR) is 140 cm³/mol. The third-order valence-corrected chi connectivity index (χ3v) is 7.25. The summed E-state index contributed by atoms with van der Waals surface area (Å²) >= 11 is 1.23. The summed E-state index contributed by atoms with van der Waals surface area (Å²) in [7, 11) is 3.60. The van der Waals surface area contributed by atoms with E-state index in [4.69, 9.17) is 4.74 Å². The largest absolute Gasteiger partial charge is 0.453 e. The van der Waals surface area contributed by atoms with Crippen molar-refractivity contribution in [1.82, 2.24) is 9.55 Å². The molecule has 0 unspecified atom stereocenters. The molecule has 180 valence electrons. The van der Waals surface area contributed by atoms with Gasteiger partial charge < -0.3 is 19.1 Å². The molecule has 4 aromatic rings. The minimum absolute atomic E-state index is 0.0703. The average molecular weight is 498 g/mol. The molecule has 1 aliphatic rings. The first-order valence-electron chi connectivity index (χ1n) is 11.3. The number of fused-ring (bicyclic) bond motifs is 2. The van der Waals surface area contributed by atoms with Crippen LogP contribution in [0.15, 0.2) is 66.3 Å². The molecule has 1 aromatic carbocycles. The van der Waals surface area contributed by atoms with Crippen LogP contribution in [0, 0.1) is 25.2 Å². The van der Waals surface area contributed by atoms with Gasteiger partial charge in [-0.25, -0.2) is 9.78 Å². The fraction of sp³-hybridized carbons (Fsp3) is 0.185. The molecule has 0 radical (unpaired) electrons. The molecule has 3 aromatic heterocycles. The van der Waals surface area contributed by atoms with Crippen molar-refractivity contribution in [1.29, 1.82) is 5.26 Å². The lowest BCUT2D eigenvalue weighted by molar-refractivity contribution is -0.118. The Morgan fingerprint density at radius 3 is 2.31 bits per heavy atom. The molecular weight excluding hydrogens is 474 g/mol. The van der Waals surface area contributed by atoms with Crippen LogP contribution in [0.3, 0.4) is 0 Å². The van der Waals surface area contributed by atoms with Crippen molar-refractivity contribution < 1.29 is 14.3 Å². The maximum Gasteiger partial charge on any atom is 0.351 e. The van der Waals surface area contributed by atoms with Gasteiger partial charge in [-0.1, -0.05) is 12.1 Å². The van der Waals surface area contributed by atoms with E-state index < -0.39 is 18.4 Å². The van der Waals surface area contributed by atoms with Gasteiger partial charge in [-0.2, -0.15) is 5.26 Å². The first-order valence-corrected chi connectivity index (χ1v) is 12.1. The molecule has 0 spiro atoms. The quantitative estimate of drug-likeness (QED) is 0.223.